The smallest absolute Gasteiger partial charge is 0.350 e. The molecule has 0 saturated heterocycles. The van der Waals surface area contributed by atoms with E-state index in [1.807, 2.05) is 0 Å². The van der Waals surface area contributed by atoms with Crippen LogP contribution in [0.25, 0.3) is 0 Å². The molecule has 12 heteroatoms. The molecule has 0 aliphatic heterocycles. The van der Waals surface area contributed by atoms with Crippen LogP contribution in [0.15, 0.2) is 36.4 Å². The highest BCUT2D eigenvalue weighted by molar-refractivity contribution is 5.95. The number of amides is 2. The van der Waals surface area contributed by atoms with E-state index in [2.05, 4.69) is 10.6 Å². The van der Waals surface area contributed by atoms with Crippen molar-refractivity contribution in [2.75, 3.05) is 13.1 Å². The minimum absolute atomic E-state index is 0.213. The molecule has 0 aromatic heterocycles. The zero-order valence-corrected chi connectivity index (χ0v) is 14.7. The molecule has 162 valence electrons. The van der Waals surface area contributed by atoms with Gasteiger partial charge in [-0.1, -0.05) is 0 Å². The fourth-order valence-corrected chi connectivity index (χ4v) is 2.32. The van der Waals surface area contributed by atoms with Crippen molar-refractivity contribution in [1.29, 1.82) is 0 Å². The summed E-state index contributed by atoms with van der Waals surface area (Å²) in [6, 6.07) is 2.45. The van der Waals surface area contributed by atoms with Gasteiger partial charge in [0.15, 0.2) is 0 Å². The molecule has 0 bridgehead atoms. The Kier molecular flexibility index (Phi) is 6.68. The molecule has 2 aromatic carbocycles. The molecule has 0 heterocycles. The summed E-state index contributed by atoms with van der Waals surface area (Å²) in [5.74, 6) is -4.71. The van der Waals surface area contributed by atoms with E-state index in [-0.39, 0.29) is 25.2 Å². The second-order valence-corrected chi connectivity index (χ2v) is 5.96. The number of hydrogen-bond donors (Lipinski definition) is 2. The number of hydrogen-bond acceptors (Lipinski definition) is 2. The fraction of sp³-hybridized carbons (Fsp3) is 0.222. The van der Waals surface area contributed by atoms with E-state index in [0.717, 1.165) is 0 Å². The molecule has 0 spiro atoms. The molecule has 2 N–H and O–H groups in total. The first-order chi connectivity index (χ1) is 13.8. The molecule has 0 unspecified atom stereocenters. The summed E-state index contributed by atoms with van der Waals surface area (Å²) in [5.41, 5.74) is -3.97. The van der Waals surface area contributed by atoms with E-state index in [0.29, 0.717) is 24.3 Å². The predicted octanol–water partition coefficient (Wildman–Crippen LogP) is 4.16. The molecular formula is C18H12F8N2O2. The summed E-state index contributed by atoms with van der Waals surface area (Å²) in [7, 11) is 0. The van der Waals surface area contributed by atoms with Gasteiger partial charge in [-0.05, 0) is 36.4 Å². The Balaban J connectivity index is 1.96. The van der Waals surface area contributed by atoms with Gasteiger partial charge in [-0.25, -0.2) is 8.78 Å². The summed E-state index contributed by atoms with van der Waals surface area (Å²) in [5, 5.41) is 4.23. The van der Waals surface area contributed by atoms with Gasteiger partial charge in [-0.3, -0.25) is 9.59 Å². The topological polar surface area (TPSA) is 58.2 Å². The van der Waals surface area contributed by atoms with E-state index in [1.165, 1.54) is 0 Å². The Morgan fingerprint density at radius 3 is 1.27 bits per heavy atom. The quantitative estimate of drug-likeness (QED) is 0.542. The van der Waals surface area contributed by atoms with Gasteiger partial charge >= 0.3 is 12.4 Å². The number of carbonyl (C=O) groups is 2. The molecule has 4 nitrogen and oxygen atoms in total. The molecule has 0 aliphatic carbocycles. The van der Waals surface area contributed by atoms with Gasteiger partial charge in [-0.15, -0.1) is 0 Å². The van der Waals surface area contributed by atoms with Gasteiger partial charge in [0.05, 0.1) is 11.1 Å². The predicted molar refractivity (Wildman–Crippen MR) is 87.5 cm³/mol. The Hall–Kier alpha value is -3.18. The van der Waals surface area contributed by atoms with E-state index in [9.17, 15) is 44.7 Å². The van der Waals surface area contributed by atoms with Gasteiger partial charge in [0.1, 0.15) is 11.6 Å². The fourth-order valence-electron chi connectivity index (χ4n) is 2.32. The average Bonchev–Trinajstić information content (AvgIpc) is 2.62. The minimum Gasteiger partial charge on any atom is -0.350 e. The normalized spacial score (nSPS) is 11.9. The lowest BCUT2D eigenvalue weighted by atomic mass is 10.1. The van der Waals surface area contributed by atoms with Crippen LogP contribution in [-0.4, -0.2) is 24.9 Å². The van der Waals surface area contributed by atoms with Crippen molar-refractivity contribution in [3.05, 3.63) is 70.3 Å². The summed E-state index contributed by atoms with van der Waals surface area (Å²) in [6.07, 6.45) is -9.74. The SMILES string of the molecule is O=C(NCCNC(=O)c1cc(F)cc(C(F)(F)F)c1)c1cc(F)cc(C(F)(F)F)c1. The molecule has 0 atom stereocenters. The number of rotatable bonds is 5. The third-order valence-electron chi connectivity index (χ3n) is 3.67. The average molecular weight is 440 g/mol. The Labute approximate surface area is 163 Å². The van der Waals surface area contributed by atoms with Gasteiger partial charge in [0.25, 0.3) is 11.8 Å². The molecule has 0 fully saturated rings. The summed E-state index contributed by atoms with van der Waals surface area (Å²) in [4.78, 5) is 23.7. The first-order valence-electron chi connectivity index (χ1n) is 8.09. The number of carbonyl (C=O) groups excluding carboxylic acids is 2. The van der Waals surface area contributed by atoms with Crippen molar-refractivity contribution in [3.8, 4) is 0 Å². The van der Waals surface area contributed by atoms with Crippen LogP contribution in [-0.2, 0) is 12.4 Å². The lowest BCUT2D eigenvalue weighted by Gasteiger charge is -2.11. The zero-order chi connectivity index (χ0) is 22.7. The Morgan fingerprint density at radius 2 is 0.967 bits per heavy atom. The van der Waals surface area contributed by atoms with Crippen molar-refractivity contribution in [2.24, 2.45) is 0 Å². The largest absolute Gasteiger partial charge is 0.416 e. The first-order valence-corrected chi connectivity index (χ1v) is 8.09. The van der Waals surface area contributed by atoms with E-state index >= 15 is 0 Å². The second kappa shape index (κ2) is 8.67. The van der Waals surface area contributed by atoms with Gasteiger partial charge in [0, 0.05) is 24.2 Å². The zero-order valence-electron chi connectivity index (χ0n) is 14.7. The van der Waals surface area contributed by atoms with Crippen LogP contribution in [0.3, 0.4) is 0 Å². The van der Waals surface area contributed by atoms with Gasteiger partial charge in [-0.2, -0.15) is 26.3 Å². The summed E-state index contributed by atoms with van der Waals surface area (Å²) in [6.45, 7) is -0.687. The molecule has 0 radical (unpaired) electrons. The highest BCUT2D eigenvalue weighted by Gasteiger charge is 2.33. The molecule has 30 heavy (non-hydrogen) atoms. The third-order valence-corrected chi connectivity index (χ3v) is 3.67. The van der Waals surface area contributed by atoms with Crippen LogP contribution in [0.2, 0.25) is 0 Å². The van der Waals surface area contributed by atoms with Crippen molar-refractivity contribution in [1.82, 2.24) is 10.6 Å². The highest BCUT2D eigenvalue weighted by atomic mass is 19.4. The van der Waals surface area contributed by atoms with E-state index in [4.69, 9.17) is 0 Å². The molecule has 0 aliphatic rings. The van der Waals surface area contributed by atoms with Crippen LogP contribution >= 0.6 is 0 Å². The summed E-state index contributed by atoms with van der Waals surface area (Å²) >= 11 is 0. The lowest BCUT2D eigenvalue weighted by Crippen LogP contribution is -2.35. The van der Waals surface area contributed by atoms with Crippen LogP contribution < -0.4 is 10.6 Å². The standard InChI is InChI=1S/C18H12F8N2O2/c19-13-5-9(3-11(7-13)17(21,22)23)15(29)27-1-2-28-16(30)10-4-12(18(24,25)26)8-14(20)6-10/h3-8H,1-2H2,(H,27,29)(H,28,30). The maximum Gasteiger partial charge on any atom is 0.416 e. The maximum absolute atomic E-state index is 13.3. The maximum atomic E-state index is 13.3. The van der Waals surface area contributed by atoms with Crippen LogP contribution in [0.5, 0.6) is 0 Å². The Bertz CT molecular complexity index is 877. The highest BCUT2D eigenvalue weighted by Crippen LogP contribution is 2.31. The van der Waals surface area contributed by atoms with Crippen molar-refractivity contribution in [2.45, 2.75) is 12.4 Å². The van der Waals surface area contributed by atoms with Crippen molar-refractivity contribution in [3.63, 3.8) is 0 Å². The number of nitrogens with one attached hydrogen (secondary N) is 2. The van der Waals surface area contributed by atoms with Crippen molar-refractivity contribution >= 4 is 11.8 Å². The molecule has 2 rings (SSSR count). The second-order valence-electron chi connectivity index (χ2n) is 5.96. The Morgan fingerprint density at radius 1 is 0.633 bits per heavy atom. The molecular weight excluding hydrogens is 428 g/mol. The van der Waals surface area contributed by atoms with E-state index in [1.54, 1.807) is 0 Å². The van der Waals surface area contributed by atoms with E-state index < -0.39 is 58.1 Å². The number of halogens is 8. The van der Waals surface area contributed by atoms with Crippen LogP contribution in [0.1, 0.15) is 31.8 Å². The summed E-state index contributed by atoms with van der Waals surface area (Å²) < 4.78 is 103. The number of benzene rings is 2. The minimum atomic E-state index is -4.87. The van der Waals surface area contributed by atoms with Crippen LogP contribution in [0.4, 0.5) is 35.1 Å². The molecule has 2 aromatic rings. The lowest BCUT2D eigenvalue weighted by molar-refractivity contribution is -0.138. The molecule has 2 amide bonds. The van der Waals surface area contributed by atoms with Gasteiger partial charge in [0.2, 0.25) is 0 Å². The monoisotopic (exact) mass is 440 g/mol. The van der Waals surface area contributed by atoms with Crippen LogP contribution in [0, 0.1) is 11.6 Å². The number of alkyl halides is 6. The van der Waals surface area contributed by atoms with Crippen molar-refractivity contribution < 1.29 is 44.7 Å². The third kappa shape index (κ3) is 6.16. The molecule has 0 saturated carbocycles. The first kappa shape index (κ1) is 23.1. The van der Waals surface area contributed by atoms with Gasteiger partial charge < -0.3 is 10.6 Å².